The lowest BCUT2D eigenvalue weighted by Crippen LogP contribution is -2.46. The Morgan fingerprint density at radius 2 is 1.80 bits per heavy atom. The van der Waals surface area contributed by atoms with Gasteiger partial charge in [-0.15, -0.1) is 0 Å². The van der Waals surface area contributed by atoms with E-state index in [1.165, 1.54) is 4.68 Å². The van der Waals surface area contributed by atoms with Gasteiger partial charge in [0, 0.05) is 43.6 Å². The molecule has 3 aromatic rings. The number of rotatable bonds is 4. The highest BCUT2D eigenvalue weighted by Gasteiger charge is 2.21. The standard InChI is InChI=1S/C22H24ClN5O2/c1-3-27-10-12-28(13-11-27)19-9-8-15(23)14-18(19)24-21(29)20-16-6-4-5-7-17(16)22(30)26(2)25-20/h4-9,14H,3,10-13H2,1-2H3,(H,24,29). The maximum atomic E-state index is 13.2. The van der Waals surface area contributed by atoms with Crippen molar-refractivity contribution in [1.82, 2.24) is 14.7 Å². The minimum atomic E-state index is -0.377. The van der Waals surface area contributed by atoms with E-state index >= 15 is 0 Å². The van der Waals surface area contributed by atoms with Crippen molar-refractivity contribution in [3.63, 3.8) is 0 Å². The largest absolute Gasteiger partial charge is 0.367 e. The first-order chi connectivity index (χ1) is 14.5. The van der Waals surface area contributed by atoms with Gasteiger partial charge < -0.3 is 15.1 Å². The Balaban J connectivity index is 1.68. The molecule has 0 atom stereocenters. The molecule has 1 saturated heterocycles. The predicted octanol–water partition coefficient (Wildman–Crippen LogP) is 2.98. The van der Waals surface area contributed by atoms with Crippen LogP contribution in [0.15, 0.2) is 47.3 Å². The predicted molar refractivity (Wildman–Crippen MR) is 121 cm³/mol. The van der Waals surface area contributed by atoms with E-state index in [4.69, 9.17) is 11.6 Å². The van der Waals surface area contributed by atoms with E-state index in [2.05, 4.69) is 27.1 Å². The molecule has 2 aromatic carbocycles. The lowest BCUT2D eigenvalue weighted by atomic mass is 10.1. The van der Waals surface area contributed by atoms with Gasteiger partial charge in [-0.2, -0.15) is 5.10 Å². The van der Waals surface area contributed by atoms with Gasteiger partial charge in [0.25, 0.3) is 11.5 Å². The minimum absolute atomic E-state index is 0.203. The topological polar surface area (TPSA) is 70.5 Å². The molecule has 0 radical (unpaired) electrons. The minimum Gasteiger partial charge on any atom is -0.367 e. The van der Waals surface area contributed by atoms with Crippen molar-refractivity contribution in [2.45, 2.75) is 6.92 Å². The molecule has 4 rings (SSSR count). The molecule has 8 heteroatoms. The number of aryl methyl sites for hydroxylation is 1. The first-order valence-electron chi connectivity index (χ1n) is 10.0. The van der Waals surface area contributed by atoms with E-state index < -0.39 is 0 Å². The number of hydrogen-bond donors (Lipinski definition) is 1. The molecule has 1 amide bonds. The summed E-state index contributed by atoms with van der Waals surface area (Å²) in [7, 11) is 1.55. The molecule has 30 heavy (non-hydrogen) atoms. The summed E-state index contributed by atoms with van der Waals surface area (Å²) in [5, 5.41) is 8.72. The number of hydrogen-bond acceptors (Lipinski definition) is 5. The van der Waals surface area contributed by atoms with Gasteiger partial charge >= 0.3 is 0 Å². The van der Waals surface area contributed by atoms with Crippen LogP contribution in [0.25, 0.3) is 10.8 Å². The second-order valence-electron chi connectivity index (χ2n) is 7.36. The number of likely N-dealkylation sites (N-methyl/N-ethyl adjacent to an activating group) is 1. The Morgan fingerprint density at radius 1 is 1.10 bits per heavy atom. The van der Waals surface area contributed by atoms with E-state index in [0.717, 1.165) is 38.4 Å². The maximum Gasteiger partial charge on any atom is 0.276 e. The summed E-state index contributed by atoms with van der Waals surface area (Å²) < 4.78 is 1.19. The van der Waals surface area contributed by atoms with E-state index in [1.54, 1.807) is 37.4 Å². The van der Waals surface area contributed by atoms with Crippen LogP contribution in [0.1, 0.15) is 17.4 Å². The summed E-state index contributed by atoms with van der Waals surface area (Å²) in [6.07, 6.45) is 0. The SMILES string of the molecule is CCN1CCN(c2ccc(Cl)cc2NC(=O)c2nn(C)c(=O)c3ccccc23)CC1. The Labute approximate surface area is 179 Å². The van der Waals surface area contributed by atoms with Crippen molar-refractivity contribution in [2.75, 3.05) is 42.9 Å². The molecule has 0 aliphatic carbocycles. The highest BCUT2D eigenvalue weighted by molar-refractivity contribution is 6.31. The molecule has 156 valence electrons. The fourth-order valence-corrected chi connectivity index (χ4v) is 4.01. The number of carbonyl (C=O) groups is 1. The average molecular weight is 426 g/mol. The molecular formula is C22H24ClN5O2. The summed E-state index contributed by atoms with van der Waals surface area (Å²) >= 11 is 6.23. The van der Waals surface area contributed by atoms with Gasteiger partial charge in [0.1, 0.15) is 0 Å². The van der Waals surface area contributed by atoms with E-state index in [1.807, 2.05) is 12.1 Å². The smallest absolute Gasteiger partial charge is 0.276 e. The van der Waals surface area contributed by atoms with Crippen LogP contribution in [-0.2, 0) is 7.05 Å². The summed E-state index contributed by atoms with van der Waals surface area (Å²) in [4.78, 5) is 30.2. The zero-order valence-electron chi connectivity index (χ0n) is 17.1. The normalized spacial score (nSPS) is 14.8. The van der Waals surface area contributed by atoms with Crippen LogP contribution >= 0.6 is 11.6 Å². The number of anilines is 2. The molecule has 1 aliphatic rings. The Kier molecular flexibility index (Phi) is 5.74. The Bertz CT molecular complexity index is 1150. The molecule has 1 N–H and O–H groups in total. The van der Waals surface area contributed by atoms with Gasteiger partial charge in [0.2, 0.25) is 0 Å². The summed E-state index contributed by atoms with van der Waals surface area (Å²) in [6, 6.07) is 12.5. The maximum absolute atomic E-state index is 13.2. The van der Waals surface area contributed by atoms with Crippen LogP contribution in [0.4, 0.5) is 11.4 Å². The number of nitrogens with zero attached hydrogens (tertiary/aromatic N) is 4. The third-order valence-corrected chi connectivity index (χ3v) is 5.77. The number of nitrogens with one attached hydrogen (secondary N) is 1. The second-order valence-corrected chi connectivity index (χ2v) is 7.80. The van der Waals surface area contributed by atoms with Crippen molar-refractivity contribution in [3.05, 3.63) is 63.5 Å². The van der Waals surface area contributed by atoms with Crippen molar-refractivity contribution in [1.29, 1.82) is 0 Å². The number of fused-ring (bicyclic) bond motifs is 1. The summed E-state index contributed by atoms with van der Waals surface area (Å²) in [6.45, 7) is 6.88. The van der Waals surface area contributed by atoms with Gasteiger partial charge in [-0.25, -0.2) is 4.68 Å². The van der Waals surface area contributed by atoms with Gasteiger partial charge in [0.05, 0.1) is 16.8 Å². The highest BCUT2D eigenvalue weighted by Crippen LogP contribution is 2.30. The number of piperazine rings is 1. The molecular weight excluding hydrogens is 402 g/mol. The van der Waals surface area contributed by atoms with Crippen LogP contribution in [-0.4, -0.2) is 53.3 Å². The van der Waals surface area contributed by atoms with Crippen molar-refractivity contribution in [3.8, 4) is 0 Å². The summed E-state index contributed by atoms with van der Waals surface area (Å²) in [5.74, 6) is -0.377. The van der Waals surface area contributed by atoms with E-state index in [-0.39, 0.29) is 17.2 Å². The monoisotopic (exact) mass is 425 g/mol. The Morgan fingerprint density at radius 3 is 2.50 bits per heavy atom. The fourth-order valence-electron chi connectivity index (χ4n) is 3.84. The van der Waals surface area contributed by atoms with Crippen molar-refractivity contribution < 1.29 is 4.79 Å². The molecule has 1 aliphatic heterocycles. The van der Waals surface area contributed by atoms with Crippen LogP contribution in [0.5, 0.6) is 0 Å². The Hall–Kier alpha value is -2.90. The number of carbonyl (C=O) groups excluding carboxylic acids is 1. The average Bonchev–Trinajstić information content (AvgIpc) is 2.76. The lowest BCUT2D eigenvalue weighted by molar-refractivity contribution is 0.102. The number of halogens is 1. The van der Waals surface area contributed by atoms with Crippen molar-refractivity contribution in [2.24, 2.45) is 7.05 Å². The number of aromatic nitrogens is 2. The third kappa shape index (κ3) is 3.91. The molecule has 0 bridgehead atoms. The van der Waals surface area contributed by atoms with Gasteiger partial charge in [0.15, 0.2) is 5.69 Å². The van der Waals surface area contributed by atoms with Crippen LogP contribution in [0.3, 0.4) is 0 Å². The van der Waals surface area contributed by atoms with Gasteiger partial charge in [-0.1, -0.05) is 36.7 Å². The molecule has 0 spiro atoms. The molecule has 2 heterocycles. The first kappa shape index (κ1) is 20.4. The summed E-state index contributed by atoms with van der Waals surface area (Å²) in [5.41, 5.74) is 1.53. The van der Waals surface area contributed by atoms with Gasteiger partial charge in [-0.3, -0.25) is 9.59 Å². The first-order valence-corrected chi connectivity index (χ1v) is 10.4. The van der Waals surface area contributed by atoms with Gasteiger partial charge in [-0.05, 0) is 30.8 Å². The lowest BCUT2D eigenvalue weighted by Gasteiger charge is -2.36. The van der Waals surface area contributed by atoms with Crippen LogP contribution in [0.2, 0.25) is 5.02 Å². The van der Waals surface area contributed by atoms with E-state index in [9.17, 15) is 9.59 Å². The quantitative estimate of drug-likeness (QED) is 0.695. The molecule has 1 aromatic heterocycles. The zero-order chi connectivity index (χ0) is 21.3. The fraction of sp³-hybridized carbons (Fsp3) is 0.318. The van der Waals surface area contributed by atoms with Crippen molar-refractivity contribution >= 4 is 39.7 Å². The molecule has 7 nitrogen and oxygen atoms in total. The van der Waals surface area contributed by atoms with Crippen LogP contribution in [0, 0.1) is 0 Å². The molecule has 0 unspecified atom stereocenters. The molecule has 1 fully saturated rings. The third-order valence-electron chi connectivity index (χ3n) is 5.54. The van der Waals surface area contributed by atoms with E-state index in [0.29, 0.717) is 21.5 Å². The van der Waals surface area contributed by atoms with Crippen LogP contribution < -0.4 is 15.8 Å². The number of amides is 1. The molecule has 0 saturated carbocycles. The number of benzene rings is 2. The highest BCUT2D eigenvalue weighted by atomic mass is 35.5. The zero-order valence-corrected chi connectivity index (χ0v) is 17.8. The second kappa shape index (κ2) is 8.45.